The molecule has 0 aliphatic carbocycles. The van der Waals surface area contributed by atoms with Gasteiger partial charge in [-0.25, -0.2) is 0 Å². The maximum atomic E-state index is 12.1. The summed E-state index contributed by atoms with van der Waals surface area (Å²) in [6.45, 7) is 4.06. The zero-order valence-electron chi connectivity index (χ0n) is 8.88. The van der Waals surface area contributed by atoms with E-state index in [1.54, 1.807) is 4.90 Å². The molecule has 0 radical (unpaired) electrons. The van der Waals surface area contributed by atoms with Crippen molar-refractivity contribution >= 4 is 49.1 Å². The molecule has 0 atom stereocenters. The summed E-state index contributed by atoms with van der Waals surface area (Å²) in [5.74, 6) is 0.0650. The minimum atomic E-state index is -0.173. The molecule has 5 heteroatoms. The largest absolute Gasteiger partial charge is 0.335 e. The van der Waals surface area contributed by atoms with Gasteiger partial charge in [0.15, 0.2) is 0 Å². The highest BCUT2D eigenvalue weighted by atomic mass is 79.9. The van der Waals surface area contributed by atoms with E-state index in [1.165, 1.54) is 11.3 Å². The van der Waals surface area contributed by atoms with Gasteiger partial charge in [0.1, 0.15) is 0 Å². The normalized spacial score (nSPS) is 11.5. The molecule has 0 saturated carbocycles. The van der Waals surface area contributed by atoms with Crippen molar-refractivity contribution in [2.24, 2.45) is 0 Å². The van der Waals surface area contributed by atoms with E-state index < -0.39 is 0 Å². The number of carbonyl (C=O) groups excluding carboxylic acids is 1. The third-order valence-corrected chi connectivity index (χ3v) is 5.31. The van der Waals surface area contributed by atoms with E-state index in [-0.39, 0.29) is 11.4 Å². The van der Waals surface area contributed by atoms with Crippen molar-refractivity contribution in [1.29, 1.82) is 0 Å². The van der Waals surface area contributed by atoms with E-state index in [2.05, 4.69) is 31.9 Å². The molecule has 0 aromatic carbocycles. The molecule has 1 heterocycles. The Morgan fingerprint density at radius 3 is 2.53 bits per heavy atom. The Bertz CT molecular complexity index is 362. The van der Waals surface area contributed by atoms with Gasteiger partial charge in [-0.3, -0.25) is 4.79 Å². The third kappa shape index (κ3) is 3.04. The predicted molar refractivity (Wildman–Crippen MR) is 72.0 cm³/mol. The molecule has 1 rings (SSSR count). The van der Waals surface area contributed by atoms with Crippen LogP contribution < -0.4 is 0 Å². The maximum Gasteiger partial charge on any atom is 0.264 e. The van der Waals surface area contributed by atoms with E-state index in [1.807, 2.05) is 33.0 Å². The quantitative estimate of drug-likeness (QED) is 0.757. The second-order valence-corrected chi connectivity index (χ2v) is 6.94. The van der Waals surface area contributed by atoms with Crippen molar-refractivity contribution in [3.63, 3.8) is 0 Å². The molecule has 0 fully saturated rings. The molecule has 1 aromatic rings. The van der Waals surface area contributed by atoms with Crippen LogP contribution in [0.2, 0.25) is 0 Å². The van der Waals surface area contributed by atoms with Gasteiger partial charge in [-0.15, -0.1) is 11.3 Å². The zero-order chi connectivity index (χ0) is 11.6. The molecule has 0 N–H and O–H groups in total. The van der Waals surface area contributed by atoms with Crippen molar-refractivity contribution in [2.75, 3.05) is 12.4 Å². The van der Waals surface area contributed by atoms with Gasteiger partial charge in [-0.2, -0.15) is 0 Å². The molecule has 1 amide bonds. The number of alkyl halides is 1. The van der Waals surface area contributed by atoms with E-state index in [0.29, 0.717) is 0 Å². The molecule has 0 unspecified atom stereocenters. The Labute approximate surface area is 111 Å². The molecule has 15 heavy (non-hydrogen) atoms. The molecule has 1 aromatic heterocycles. The molecular formula is C10H13Br2NOS. The van der Waals surface area contributed by atoms with Crippen LogP contribution in [0.1, 0.15) is 23.5 Å². The van der Waals surface area contributed by atoms with Gasteiger partial charge in [0.2, 0.25) is 0 Å². The average molecular weight is 355 g/mol. The molecule has 0 aliphatic rings. The fourth-order valence-electron chi connectivity index (χ4n) is 0.959. The number of hydrogen-bond donors (Lipinski definition) is 0. The molecule has 0 aliphatic heterocycles. The second kappa shape index (κ2) is 4.97. The first-order chi connectivity index (χ1) is 6.88. The minimum absolute atomic E-state index is 0.0650. The zero-order valence-corrected chi connectivity index (χ0v) is 12.9. The Kier molecular flexibility index (Phi) is 4.38. The van der Waals surface area contributed by atoms with Crippen molar-refractivity contribution < 1.29 is 4.79 Å². The van der Waals surface area contributed by atoms with Crippen LogP contribution in [0.25, 0.3) is 0 Å². The van der Waals surface area contributed by atoms with Crippen LogP contribution in [0.3, 0.4) is 0 Å². The van der Waals surface area contributed by atoms with Gasteiger partial charge in [0, 0.05) is 17.9 Å². The van der Waals surface area contributed by atoms with Crippen LogP contribution >= 0.6 is 43.2 Å². The summed E-state index contributed by atoms with van der Waals surface area (Å²) < 4.78 is 0.982. The van der Waals surface area contributed by atoms with Crippen LogP contribution in [-0.4, -0.2) is 28.7 Å². The summed E-state index contributed by atoms with van der Waals surface area (Å²) in [6, 6.07) is 3.74. The summed E-state index contributed by atoms with van der Waals surface area (Å²) in [4.78, 5) is 14.6. The monoisotopic (exact) mass is 353 g/mol. The lowest BCUT2D eigenvalue weighted by atomic mass is 10.1. The lowest BCUT2D eigenvalue weighted by Crippen LogP contribution is -2.46. The molecule has 0 saturated heterocycles. The maximum absolute atomic E-state index is 12.1. The number of thiophene rings is 1. The highest BCUT2D eigenvalue weighted by Crippen LogP contribution is 2.25. The van der Waals surface area contributed by atoms with E-state index in [0.717, 1.165) is 14.0 Å². The van der Waals surface area contributed by atoms with Crippen LogP contribution in [0, 0.1) is 0 Å². The van der Waals surface area contributed by atoms with Gasteiger partial charge >= 0.3 is 0 Å². The first-order valence-electron chi connectivity index (χ1n) is 4.48. The Morgan fingerprint density at radius 1 is 1.53 bits per heavy atom. The van der Waals surface area contributed by atoms with Crippen molar-refractivity contribution in [1.82, 2.24) is 4.90 Å². The fraction of sp³-hybridized carbons (Fsp3) is 0.500. The fourth-order valence-corrected chi connectivity index (χ4v) is 2.70. The summed E-state index contributed by atoms with van der Waals surface area (Å²) in [5, 5.41) is 0.759. The third-order valence-electron chi connectivity index (χ3n) is 2.32. The topological polar surface area (TPSA) is 20.3 Å². The highest BCUT2D eigenvalue weighted by molar-refractivity contribution is 9.11. The van der Waals surface area contributed by atoms with Crippen LogP contribution in [0.15, 0.2) is 15.9 Å². The van der Waals surface area contributed by atoms with Gasteiger partial charge in [-0.1, -0.05) is 15.9 Å². The molecule has 0 bridgehead atoms. The van der Waals surface area contributed by atoms with Gasteiger partial charge in [0.25, 0.3) is 5.91 Å². The number of amides is 1. The lowest BCUT2D eigenvalue weighted by Gasteiger charge is -2.33. The van der Waals surface area contributed by atoms with Gasteiger partial charge < -0.3 is 4.90 Å². The van der Waals surface area contributed by atoms with E-state index >= 15 is 0 Å². The average Bonchev–Trinajstić information content (AvgIpc) is 2.62. The van der Waals surface area contributed by atoms with Crippen molar-refractivity contribution in [3.05, 3.63) is 20.8 Å². The van der Waals surface area contributed by atoms with Crippen LogP contribution in [0.4, 0.5) is 0 Å². The first kappa shape index (κ1) is 13.2. The molecular weight excluding hydrogens is 342 g/mol. The standard InChI is InChI=1S/C10H13Br2NOS/c1-10(2,6-11)13(3)9(14)7-4-5-8(12)15-7/h4-5H,6H2,1-3H3. The smallest absolute Gasteiger partial charge is 0.264 e. The summed E-state index contributed by atoms with van der Waals surface area (Å²) >= 11 is 8.23. The lowest BCUT2D eigenvalue weighted by molar-refractivity contribution is 0.0668. The van der Waals surface area contributed by atoms with Crippen LogP contribution in [-0.2, 0) is 0 Å². The number of carbonyl (C=O) groups is 1. The number of nitrogens with zero attached hydrogens (tertiary/aromatic N) is 1. The second-order valence-electron chi connectivity index (χ2n) is 3.91. The number of halogens is 2. The Balaban J connectivity index is 2.86. The van der Waals surface area contributed by atoms with Crippen molar-refractivity contribution in [3.8, 4) is 0 Å². The minimum Gasteiger partial charge on any atom is -0.335 e. The number of hydrogen-bond acceptors (Lipinski definition) is 2. The van der Waals surface area contributed by atoms with Gasteiger partial charge in [0.05, 0.1) is 8.66 Å². The number of rotatable bonds is 3. The molecule has 0 spiro atoms. The Hall–Kier alpha value is 0.130. The van der Waals surface area contributed by atoms with Gasteiger partial charge in [-0.05, 0) is 41.9 Å². The van der Waals surface area contributed by atoms with Crippen molar-refractivity contribution in [2.45, 2.75) is 19.4 Å². The molecule has 2 nitrogen and oxygen atoms in total. The van der Waals surface area contributed by atoms with Crippen LogP contribution in [0.5, 0.6) is 0 Å². The van der Waals surface area contributed by atoms with E-state index in [9.17, 15) is 4.79 Å². The highest BCUT2D eigenvalue weighted by Gasteiger charge is 2.27. The van der Waals surface area contributed by atoms with E-state index in [4.69, 9.17) is 0 Å². The SMILES string of the molecule is CN(C(=O)c1ccc(Br)s1)C(C)(C)CBr. The summed E-state index contributed by atoms with van der Waals surface area (Å²) in [6.07, 6.45) is 0. The Morgan fingerprint density at radius 2 is 2.13 bits per heavy atom. The molecule has 84 valence electrons. The first-order valence-corrected chi connectivity index (χ1v) is 7.21. The summed E-state index contributed by atoms with van der Waals surface area (Å²) in [5.41, 5.74) is -0.173. The summed E-state index contributed by atoms with van der Waals surface area (Å²) in [7, 11) is 1.83. The predicted octanol–water partition coefficient (Wildman–Crippen LogP) is 3.76.